The minimum absolute atomic E-state index is 0. The third-order valence-electron chi connectivity index (χ3n) is 1.49. The summed E-state index contributed by atoms with van der Waals surface area (Å²) in [5, 5.41) is 2.54. The van der Waals surface area contributed by atoms with Crippen molar-refractivity contribution in [2.45, 2.75) is 4.90 Å². The fraction of sp³-hybridized carbons (Fsp3) is 0. The molecule has 0 saturated carbocycles. The van der Waals surface area contributed by atoms with Gasteiger partial charge < -0.3 is 11.1 Å². The number of nitrogens with two attached hydrogens (primary N) is 1. The standard InChI is InChI=1S/C7H9N2O3S.Cu/c1-9-5-2-3-7(6(8)4-5)13(10,11)12;/h2-4,9H,1,8H2,(H,10,11,12);/q-1;+1. The number of nitrogens with one attached hydrogen (secondary N) is 1. The van der Waals surface area contributed by atoms with Crippen LogP contribution in [0.15, 0.2) is 23.1 Å². The van der Waals surface area contributed by atoms with Crippen molar-refractivity contribution in [1.82, 2.24) is 0 Å². The van der Waals surface area contributed by atoms with Crippen LogP contribution in [-0.2, 0) is 27.2 Å². The summed E-state index contributed by atoms with van der Waals surface area (Å²) >= 11 is 0. The van der Waals surface area contributed by atoms with Crippen molar-refractivity contribution in [3.8, 4) is 0 Å². The van der Waals surface area contributed by atoms with E-state index in [1.807, 2.05) is 0 Å². The van der Waals surface area contributed by atoms with Crippen molar-refractivity contribution >= 4 is 21.5 Å². The van der Waals surface area contributed by atoms with Gasteiger partial charge in [0.25, 0.3) is 10.1 Å². The summed E-state index contributed by atoms with van der Waals surface area (Å²) in [5.41, 5.74) is 5.93. The van der Waals surface area contributed by atoms with Crippen molar-refractivity contribution in [3.63, 3.8) is 0 Å². The summed E-state index contributed by atoms with van der Waals surface area (Å²) in [6.45, 7) is 0. The van der Waals surface area contributed by atoms with E-state index in [4.69, 9.17) is 10.3 Å². The summed E-state index contributed by atoms with van der Waals surface area (Å²) in [4.78, 5) is -0.300. The number of hydrogen-bond donors (Lipinski definition) is 3. The van der Waals surface area contributed by atoms with Gasteiger partial charge in [0, 0.05) is 5.69 Å². The maximum Gasteiger partial charge on any atom is 1.00 e. The summed E-state index contributed by atoms with van der Waals surface area (Å²) < 4.78 is 30.1. The normalized spacial score (nSPS) is 10.4. The van der Waals surface area contributed by atoms with Crippen LogP contribution >= 0.6 is 0 Å². The molecule has 0 unspecified atom stereocenters. The van der Waals surface area contributed by atoms with Crippen molar-refractivity contribution < 1.29 is 30.0 Å². The zero-order valence-corrected chi connectivity index (χ0v) is 8.75. The Morgan fingerprint density at radius 1 is 1.43 bits per heavy atom. The van der Waals surface area contributed by atoms with Gasteiger partial charge in [0.1, 0.15) is 4.90 Å². The number of rotatable bonds is 2. The van der Waals surface area contributed by atoms with Gasteiger partial charge in [-0.15, -0.1) is 0 Å². The molecule has 0 aliphatic carbocycles. The molecule has 0 bridgehead atoms. The fourth-order valence-electron chi connectivity index (χ4n) is 0.893. The Morgan fingerprint density at radius 3 is 2.36 bits per heavy atom. The van der Waals surface area contributed by atoms with Gasteiger partial charge in [-0.25, -0.2) is 0 Å². The van der Waals surface area contributed by atoms with E-state index in [1.165, 1.54) is 18.2 Å². The average Bonchev–Trinajstić information content (AvgIpc) is 2.01. The number of nitrogen functional groups attached to an aromatic ring is 1. The minimum atomic E-state index is -4.23. The number of benzene rings is 1. The Morgan fingerprint density at radius 2 is 2.00 bits per heavy atom. The summed E-state index contributed by atoms with van der Waals surface area (Å²) in [6.07, 6.45) is 0. The first-order chi connectivity index (χ1) is 5.95. The van der Waals surface area contributed by atoms with Crippen LogP contribution in [0.1, 0.15) is 0 Å². The topological polar surface area (TPSA) is 92.4 Å². The van der Waals surface area contributed by atoms with Crippen LogP contribution in [0.4, 0.5) is 11.4 Å². The molecule has 4 N–H and O–H groups in total. The summed E-state index contributed by atoms with van der Waals surface area (Å²) in [5.74, 6) is 0. The second-order valence-electron chi connectivity index (χ2n) is 2.40. The van der Waals surface area contributed by atoms with Crippen molar-refractivity contribution in [1.29, 1.82) is 0 Å². The molecule has 0 heterocycles. The Hall–Kier alpha value is -0.751. The first-order valence-corrected chi connectivity index (χ1v) is 4.79. The van der Waals surface area contributed by atoms with Crippen LogP contribution < -0.4 is 11.1 Å². The second-order valence-corrected chi connectivity index (χ2v) is 3.79. The van der Waals surface area contributed by atoms with Crippen LogP contribution in [-0.4, -0.2) is 13.0 Å². The molecule has 0 spiro atoms. The Kier molecular flexibility index (Phi) is 4.41. The molecule has 0 amide bonds. The van der Waals surface area contributed by atoms with Gasteiger partial charge >= 0.3 is 17.1 Å². The Bertz CT molecular complexity index is 419. The SMILES string of the molecule is [CH2-]Nc1ccc(S(=O)(=O)O)c(N)c1.[Cu+]. The van der Waals surface area contributed by atoms with E-state index in [0.29, 0.717) is 5.69 Å². The predicted molar refractivity (Wildman–Crippen MR) is 49.6 cm³/mol. The van der Waals surface area contributed by atoms with E-state index >= 15 is 0 Å². The van der Waals surface area contributed by atoms with Crippen LogP contribution in [0.5, 0.6) is 0 Å². The molecule has 7 heteroatoms. The molecule has 0 radical (unpaired) electrons. The van der Waals surface area contributed by atoms with E-state index in [0.717, 1.165) is 0 Å². The molecular weight excluding hydrogens is 256 g/mol. The van der Waals surface area contributed by atoms with Gasteiger partial charge in [-0.05, 0) is 18.2 Å². The molecule has 5 nitrogen and oxygen atoms in total. The molecule has 0 fully saturated rings. The molecule has 1 rings (SSSR count). The van der Waals surface area contributed by atoms with Gasteiger partial charge in [-0.3, -0.25) is 11.6 Å². The number of anilines is 2. The van der Waals surface area contributed by atoms with Crippen LogP contribution in [0.2, 0.25) is 0 Å². The molecule has 14 heavy (non-hydrogen) atoms. The zero-order valence-electron chi connectivity index (χ0n) is 6.99. The summed E-state index contributed by atoms with van der Waals surface area (Å²) in [7, 11) is -0.860. The number of hydrogen-bond acceptors (Lipinski definition) is 4. The molecule has 0 aliphatic rings. The van der Waals surface area contributed by atoms with E-state index in [1.54, 1.807) is 0 Å². The molecule has 1 aromatic rings. The molecule has 0 aliphatic heterocycles. The quantitative estimate of drug-likeness (QED) is 0.317. The average molecular weight is 265 g/mol. The summed E-state index contributed by atoms with van der Waals surface area (Å²) in [6, 6.07) is 4.03. The van der Waals surface area contributed by atoms with Gasteiger partial charge in [0.05, 0.1) is 5.69 Å². The van der Waals surface area contributed by atoms with Crippen molar-refractivity contribution in [2.24, 2.45) is 0 Å². The maximum absolute atomic E-state index is 10.7. The van der Waals surface area contributed by atoms with E-state index < -0.39 is 10.1 Å². The molecule has 0 saturated heterocycles. The molecule has 1 aromatic carbocycles. The molecule has 0 aromatic heterocycles. The van der Waals surface area contributed by atoms with Crippen LogP contribution in [0.3, 0.4) is 0 Å². The third kappa shape index (κ3) is 2.88. The third-order valence-corrected chi connectivity index (χ3v) is 2.42. The van der Waals surface area contributed by atoms with Crippen molar-refractivity contribution in [2.75, 3.05) is 11.1 Å². The van der Waals surface area contributed by atoms with Crippen LogP contribution in [0.25, 0.3) is 0 Å². The smallest absolute Gasteiger partial charge is 0.538 e. The monoisotopic (exact) mass is 264 g/mol. The maximum atomic E-state index is 10.7. The molecule has 82 valence electrons. The first-order valence-electron chi connectivity index (χ1n) is 3.35. The van der Waals surface area contributed by atoms with Gasteiger partial charge in [-0.2, -0.15) is 8.42 Å². The fourth-order valence-corrected chi connectivity index (χ4v) is 1.49. The van der Waals surface area contributed by atoms with Gasteiger partial charge in [0.15, 0.2) is 0 Å². The minimum Gasteiger partial charge on any atom is -0.538 e. The molecule has 0 atom stereocenters. The largest absolute Gasteiger partial charge is 1.00 e. The zero-order chi connectivity index (χ0) is 10.1. The van der Waals surface area contributed by atoms with Crippen molar-refractivity contribution in [3.05, 3.63) is 25.2 Å². The second kappa shape index (κ2) is 4.65. The van der Waals surface area contributed by atoms with E-state index in [2.05, 4.69) is 12.4 Å². The Balaban J connectivity index is 0.00000169. The Labute approximate surface area is 92.9 Å². The van der Waals surface area contributed by atoms with Gasteiger partial charge in [-0.1, -0.05) is 0 Å². The van der Waals surface area contributed by atoms with Crippen LogP contribution in [0, 0.1) is 7.05 Å². The molecular formula is C7H9CuN2O3S. The van der Waals surface area contributed by atoms with E-state index in [9.17, 15) is 8.42 Å². The first kappa shape index (κ1) is 13.2. The predicted octanol–water partition coefficient (Wildman–Crippen LogP) is 0.716. The van der Waals surface area contributed by atoms with Gasteiger partial charge in [0.2, 0.25) is 0 Å². The van der Waals surface area contributed by atoms with E-state index in [-0.39, 0.29) is 27.7 Å².